The van der Waals surface area contributed by atoms with Gasteiger partial charge < -0.3 is 135 Å². The Kier molecular flexibility index (Phi) is 43.5. The Labute approximate surface area is 615 Å². The van der Waals surface area contributed by atoms with Crippen LogP contribution < -0.4 is 16.0 Å². The zero-order valence-corrected chi connectivity index (χ0v) is 61.9. The first-order valence-electron chi connectivity index (χ1n) is 38.1. The van der Waals surface area contributed by atoms with Crippen LogP contribution in [0.15, 0.2) is 12.2 Å². The van der Waals surface area contributed by atoms with Crippen LogP contribution in [-0.2, 0) is 71.4 Å². The first kappa shape index (κ1) is 93.1. The summed E-state index contributed by atoms with van der Waals surface area (Å²) in [6.45, 7) is 2.24. The van der Waals surface area contributed by atoms with E-state index < -0.39 is 222 Å². The predicted octanol–water partition coefficient (Wildman–Crippen LogP) is 0.910. The van der Waals surface area contributed by atoms with Gasteiger partial charge in [-0.25, -0.2) is 9.59 Å². The summed E-state index contributed by atoms with van der Waals surface area (Å²) in [4.78, 5) is 76.8. The Bertz CT molecular complexity index is 2530. The molecule has 0 bridgehead atoms. The first-order valence-corrected chi connectivity index (χ1v) is 38.1. The van der Waals surface area contributed by atoms with Gasteiger partial charge in [0.05, 0.1) is 62.9 Å². The van der Waals surface area contributed by atoms with E-state index in [4.69, 9.17) is 42.6 Å². The molecule has 4 aliphatic rings. The molecule has 1 unspecified atom stereocenters. The van der Waals surface area contributed by atoms with Crippen LogP contribution in [0.2, 0.25) is 0 Å². The molecular formula is C72H127N3O30. The third-order valence-corrected chi connectivity index (χ3v) is 19.7. The molecule has 4 fully saturated rings. The van der Waals surface area contributed by atoms with Crippen molar-refractivity contribution >= 4 is 35.6 Å². The van der Waals surface area contributed by atoms with E-state index in [9.17, 15) is 105 Å². The van der Waals surface area contributed by atoms with Crippen LogP contribution in [0.3, 0.4) is 0 Å². The molecule has 4 saturated heterocycles. The van der Waals surface area contributed by atoms with Crippen molar-refractivity contribution in [2.45, 2.75) is 373 Å². The van der Waals surface area contributed by atoms with Crippen molar-refractivity contribution < 1.29 is 148 Å². The van der Waals surface area contributed by atoms with Gasteiger partial charge in [-0.15, -0.1) is 0 Å². The summed E-state index contributed by atoms with van der Waals surface area (Å²) in [5.74, 6) is -14.1. The number of hydrogen-bond donors (Lipinski definition) is 18. The highest BCUT2D eigenvalue weighted by Crippen LogP contribution is 2.41. The summed E-state index contributed by atoms with van der Waals surface area (Å²) in [7, 11) is 0. The summed E-state index contributed by atoms with van der Waals surface area (Å²) in [6, 6.07) is -4.78. The molecule has 4 heterocycles. The zero-order valence-electron chi connectivity index (χ0n) is 61.9. The average Bonchev–Trinajstić information content (AvgIpc) is 0.754. The molecule has 105 heavy (non-hydrogen) atoms. The summed E-state index contributed by atoms with van der Waals surface area (Å²) >= 11 is 0. The van der Waals surface area contributed by atoms with E-state index in [0.29, 0.717) is 12.8 Å². The van der Waals surface area contributed by atoms with Crippen molar-refractivity contribution in [1.82, 2.24) is 16.0 Å². The van der Waals surface area contributed by atoms with E-state index >= 15 is 0 Å². The van der Waals surface area contributed by atoms with Crippen LogP contribution in [0.1, 0.15) is 227 Å². The number of hydrogen-bond acceptors (Lipinski definition) is 28. The average molecular weight is 1510 g/mol. The van der Waals surface area contributed by atoms with Gasteiger partial charge in [0.1, 0.15) is 92.1 Å². The minimum Gasteiger partial charge on any atom is -0.477 e. The second-order valence-electron chi connectivity index (χ2n) is 28.5. The number of carboxylic acid groups (broad SMARTS) is 2. The van der Waals surface area contributed by atoms with Gasteiger partial charge in [0, 0.05) is 40.0 Å². The summed E-state index contributed by atoms with van der Waals surface area (Å²) in [5, 5.41) is 177. The number of rotatable bonds is 53. The molecule has 610 valence electrons. The molecule has 18 N–H and O–H groups in total. The van der Waals surface area contributed by atoms with Crippen LogP contribution in [0.5, 0.6) is 0 Å². The number of nitrogens with one attached hydrogen (secondary N) is 3. The van der Waals surface area contributed by atoms with Crippen LogP contribution in [0.4, 0.5) is 0 Å². The molecule has 33 nitrogen and oxygen atoms in total. The van der Waals surface area contributed by atoms with Crippen molar-refractivity contribution in [3.8, 4) is 0 Å². The Balaban J connectivity index is 1.51. The molecule has 24 atom stereocenters. The van der Waals surface area contributed by atoms with E-state index in [1.807, 2.05) is 6.08 Å². The van der Waals surface area contributed by atoms with E-state index in [0.717, 1.165) is 72.1 Å². The van der Waals surface area contributed by atoms with Gasteiger partial charge in [-0.3, -0.25) is 19.2 Å². The normalized spacial score (nSPS) is 31.1. The van der Waals surface area contributed by atoms with Gasteiger partial charge in [0.15, 0.2) is 12.6 Å². The molecular weight excluding hydrogens is 1390 g/mol. The van der Waals surface area contributed by atoms with Crippen LogP contribution in [-0.4, -0.2) is 291 Å². The molecule has 0 saturated carbocycles. The van der Waals surface area contributed by atoms with Crippen LogP contribution in [0.25, 0.3) is 0 Å². The number of aliphatic hydroxyl groups is 13. The second kappa shape index (κ2) is 49.1. The number of carbonyl (C=O) groups excluding carboxylic acids is 4. The molecule has 0 aliphatic carbocycles. The Morgan fingerprint density at radius 1 is 0.533 bits per heavy atom. The maximum atomic E-state index is 13.6. The minimum atomic E-state index is -3.41. The topological polar surface area (TPSA) is 525 Å². The lowest BCUT2D eigenvalue weighted by atomic mass is 9.87. The number of allylic oxidation sites excluding steroid dienone is 1. The standard InChI is InChI=1S/C72H127N3O30/c1-6-8-10-12-14-16-18-20-21-23-25-27-29-31-33-35-54(86)75-46(47(82)34-32-30-28-26-24-22-19-17-15-13-11-9-7-2)41-98-67-61(91)60(90)63(53(40-78)100-67)101-68-62(92)66(58(88)51(38-76)99-68)105-72(70(95)96)37-49(84)56(74-44(4)80)65(104-72)59(89)52(39-77)102-71(69(93)94)36-48(83)55(73-43(3)79)64(103-71)57(87)50(85)42-97-45(5)81/h32,34,46-53,55-68,76-78,82-85,87-92H,6-31,33,35-42H2,1-5H3,(H,73,79)(H,74,80)(H,75,86)(H,93,94)(H,95,96)/b34-32+/t46-,47+,48-,49-,50+,51+,52+,53+,55+,56+,57+,58-,59+,60+,61+,62+,63+,64+,65?,66-,67+,68-,71+,72-/m0/s1. The Hall–Kier alpha value is -4.28. The van der Waals surface area contributed by atoms with Gasteiger partial charge >= 0.3 is 17.9 Å². The number of esters is 1. The van der Waals surface area contributed by atoms with E-state index in [2.05, 4.69) is 29.8 Å². The lowest BCUT2D eigenvalue weighted by Crippen LogP contribution is -2.72. The summed E-state index contributed by atoms with van der Waals surface area (Å²) in [6.07, 6.45) is -8.77. The molecule has 0 aromatic rings. The monoisotopic (exact) mass is 1510 g/mol. The maximum absolute atomic E-state index is 13.6. The van der Waals surface area contributed by atoms with Crippen molar-refractivity contribution in [3.05, 3.63) is 12.2 Å². The number of aliphatic hydroxyl groups excluding tert-OH is 13. The largest absolute Gasteiger partial charge is 0.477 e. The van der Waals surface area contributed by atoms with E-state index in [1.165, 1.54) is 109 Å². The molecule has 4 rings (SSSR count). The molecule has 0 aromatic heterocycles. The molecule has 0 radical (unpaired) electrons. The van der Waals surface area contributed by atoms with Crippen LogP contribution >= 0.6 is 0 Å². The maximum Gasteiger partial charge on any atom is 0.364 e. The van der Waals surface area contributed by atoms with Gasteiger partial charge in [-0.1, -0.05) is 180 Å². The van der Waals surface area contributed by atoms with Gasteiger partial charge in [0.25, 0.3) is 11.6 Å². The van der Waals surface area contributed by atoms with Crippen molar-refractivity contribution in [2.24, 2.45) is 0 Å². The van der Waals surface area contributed by atoms with Crippen molar-refractivity contribution in [3.63, 3.8) is 0 Å². The van der Waals surface area contributed by atoms with Gasteiger partial charge in [-0.05, 0) is 19.3 Å². The molecule has 3 amide bonds. The SMILES string of the molecule is CCCCCCCCCCCCC/C=C/[C@@H](O)[C@H](CO[C@@H]1O[C@H](CO)[C@@H](O[C@@H]2O[C@H](CO)[C@H](O)[C@H](O[C@]3(C(=O)O)C[C@H](O)[C@@H](NC(C)=O)C([C@H](O)[C@@H](CO)O[C@]4(C(=O)O)C[C@H](O)[C@@H](NC(C)=O)[C@H]([C@H](O)[C@H](O)COC(C)=O)O4)O3)[C@H]2O)[C@H](O)[C@H]1O)NC(=O)CCCCCCCCCCCCCCCCC. The highest BCUT2D eigenvalue weighted by Gasteiger charge is 2.62. The lowest BCUT2D eigenvalue weighted by molar-refractivity contribution is -0.388. The smallest absolute Gasteiger partial charge is 0.364 e. The third-order valence-electron chi connectivity index (χ3n) is 19.7. The third kappa shape index (κ3) is 30.1. The molecule has 0 aromatic carbocycles. The minimum absolute atomic E-state index is 0.151. The number of carbonyl (C=O) groups is 6. The van der Waals surface area contributed by atoms with Crippen molar-refractivity contribution in [1.29, 1.82) is 0 Å². The van der Waals surface area contributed by atoms with Gasteiger partial charge in [-0.2, -0.15) is 0 Å². The van der Waals surface area contributed by atoms with Gasteiger partial charge in [0.2, 0.25) is 17.7 Å². The molecule has 33 heteroatoms. The first-order chi connectivity index (χ1) is 50.0. The number of amides is 3. The number of carboxylic acids is 2. The van der Waals surface area contributed by atoms with E-state index in [-0.39, 0.29) is 12.3 Å². The summed E-state index contributed by atoms with van der Waals surface area (Å²) in [5.41, 5.74) is 0. The predicted molar refractivity (Wildman–Crippen MR) is 372 cm³/mol. The van der Waals surface area contributed by atoms with E-state index in [1.54, 1.807) is 6.08 Å². The fourth-order valence-corrected chi connectivity index (χ4v) is 13.7. The lowest BCUT2D eigenvalue weighted by Gasteiger charge is -2.51. The quantitative estimate of drug-likeness (QED) is 0.0229. The number of unbranched alkanes of at least 4 members (excludes halogenated alkanes) is 25. The Morgan fingerprint density at radius 2 is 0.990 bits per heavy atom. The summed E-state index contributed by atoms with van der Waals surface area (Å²) < 4.78 is 51.4. The highest BCUT2D eigenvalue weighted by atomic mass is 16.8. The van der Waals surface area contributed by atoms with Crippen molar-refractivity contribution in [2.75, 3.05) is 33.0 Å². The fraction of sp³-hybridized carbons (Fsp3) is 0.889. The fourth-order valence-electron chi connectivity index (χ4n) is 13.7. The molecule has 4 aliphatic heterocycles. The zero-order chi connectivity index (χ0) is 77.8. The number of aliphatic carboxylic acids is 2. The molecule has 0 spiro atoms. The number of ether oxygens (including phenoxy) is 9. The Morgan fingerprint density at radius 3 is 1.46 bits per heavy atom. The van der Waals surface area contributed by atoms with Crippen LogP contribution in [0, 0.1) is 0 Å². The second-order valence-corrected chi connectivity index (χ2v) is 28.5. The highest BCUT2D eigenvalue weighted by molar-refractivity contribution is 5.78.